The SMILES string of the molecule is CC(C)(C)OC(=O)NCCNC(=O)C(Cc1ccccc1)NC(=S)N1CCC(n2c(=O)[nH]c3ccccc32)CC1. The van der Waals surface area contributed by atoms with Gasteiger partial charge in [-0.25, -0.2) is 9.59 Å². The smallest absolute Gasteiger partial charge is 0.407 e. The predicted molar refractivity (Wildman–Crippen MR) is 159 cm³/mol. The van der Waals surface area contributed by atoms with E-state index in [-0.39, 0.29) is 30.7 Å². The van der Waals surface area contributed by atoms with E-state index in [2.05, 4.69) is 25.8 Å². The Morgan fingerprint density at radius 3 is 2.38 bits per heavy atom. The van der Waals surface area contributed by atoms with Crippen LogP contribution in [0.2, 0.25) is 0 Å². The molecule has 0 bridgehead atoms. The van der Waals surface area contributed by atoms with Crippen LogP contribution >= 0.6 is 12.2 Å². The minimum atomic E-state index is -0.592. The van der Waals surface area contributed by atoms with E-state index in [1.54, 1.807) is 20.8 Å². The van der Waals surface area contributed by atoms with Crippen LogP contribution in [0, 0.1) is 0 Å². The lowest BCUT2D eigenvalue weighted by Crippen LogP contribution is -2.54. The van der Waals surface area contributed by atoms with E-state index in [1.807, 2.05) is 59.2 Å². The topological polar surface area (TPSA) is 120 Å². The number of hydrogen-bond acceptors (Lipinski definition) is 5. The van der Waals surface area contributed by atoms with Crippen molar-refractivity contribution < 1.29 is 14.3 Å². The normalized spacial score (nSPS) is 14.9. The number of likely N-dealkylation sites (tertiary alicyclic amines) is 1. The third-order valence-corrected chi connectivity index (χ3v) is 7.11. The fraction of sp³-hybridized carbons (Fsp3) is 0.448. The van der Waals surface area contributed by atoms with E-state index in [9.17, 15) is 14.4 Å². The molecule has 1 saturated heterocycles. The molecule has 40 heavy (non-hydrogen) atoms. The Labute approximate surface area is 239 Å². The summed E-state index contributed by atoms with van der Waals surface area (Å²) in [6.45, 7) is 7.21. The third kappa shape index (κ3) is 7.84. The van der Waals surface area contributed by atoms with Crippen LogP contribution in [0.3, 0.4) is 0 Å². The number of para-hydroxylation sites is 2. The summed E-state index contributed by atoms with van der Waals surface area (Å²) in [5.74, 6) is -0.211. The first-order valence-electron chi connectivity index (χ1n) is 13.6. The van der Waals surface area contributed by atoms with Crippen LogP contribution in [-0.2, 0) is 16.0 Å². The molecule has 2 aromatic carbocycles. The summed E-state index contributed by atoms with van der Waals surface area (Å²) in [5, 5.41) is 9.31. The molecule has 0 aliphatic carbocycles. The maximum atomic E-state index is 13.2. The summed E-state index contributed by atoms with van der Waals surface area (Å²) in [4.78, 5) is 42.7. The van der Waals surface area contributed by atoms with Gasteiger partial charge in [0.15, 0.2) is 5.11 Å². The highest BCUT2D eigenvalue weighted by Gasteiger charge is 2.27. The Hall–Kier alpha value is -3.86. The monoisotopic (exact) mass is 566 g/mol. The van der Waals surface area contributed by atoms with E-state index < -0.39 is 17.7 Å². The van der Waals surface area contributed by atoms with Crippen molar-refractivity contribution in [1.82, 2.24) is 30.4 Å². The van der Waals surface area contributed by atoms with Gasteiger partial charge >= 0.3 is 11.8 Å². The highest BCUT2D eigenvalue weighted by Crippen LogP contribution is 2.25. The molecule has 214 valence electrons. The molecule has 10 nitrogen and oxygen atoms in total. The number of piperidine rings is 1. The van der Waals surface area contributed by atoms with Crippen LogP contribution in [0.15, 0.2) is 59.4 Å². The molecule has 4 rings (SSSR count). The standard InChI is InChI=1S/C29H38N6O4S/c1-29(2,3)39-28(38)31-16-15-30-25(36)23(19-20-9-5-4-6-10-20)33-27(40)34-17-13-21(14-18-34)35-24-12-8-7-11-22(24)32-26(35)37/h4-12,21,23H,13-19H2,1-3H3,(H,30,36)(H,31,38)(H,32,37)(H,33,40). The average Bonchev–Trinajstić information content (AvgIpc) is 3.26. The van der Waals surface area contributed by atoms with Crippen molar-refractivity contribution in [3.63, 3.8) is 0 Å². The Bertz CT molecular complexity index is 1370. The highest BCUT2D eigenvalue weighted by atomic mass is 32.1. The summed E-state index contributed by atoms with van der Waals surface area (Å²) < 4.78 is 7.08. The second kappa shape index (κ2) is 13.0. The number of fused-ring (bicyclic) bond motifs is 1. The van der Waals surface area contributed by atoms with Crippen molar-refractivity contribution in [3.8, 4) is 0 Å². The highest BCUT2D eigenvalue weighted by molar-refractivity contribution is 7.80. The predicted octanol–water partition coefficient (Wildman–Crippen LogP) is 3.09. The fourth-order valence-corrected chi connectivity index (χ4v) is 5.18. The van der Waals surface area contributed by atoms with Crippen LogP contribution in [0.5, 0.6) is 0 Å². The summed E-state index contributed by atoms with van der Waals surface area (Å²) in [6.07, 6.45) is 1.44. The lowest BCUT2D eigenvalue weighted by atomic mass is 10.0. The van der Waals surface area contributed by atoms with E-state index in [0.29, 0.717) is 24.6 Å². The molecule has 1 atom stereocenters. The number of carbonyl (C=O) groups is 2. The van der Waals surface area contributed by atoms with Crippen molar-refractivity contribution >= 4 is 40.4 Å². The Kier molecular flexibility index (Phi) is 9.46. The number of nitrogens with one attached hydrogen (secondary N) is 4. The summed E-state index contributed by atoms with van der Waals surface area (Å²) in [7, 11) is 0. The molecule has 1 aliphatic rings. The number of amides is 2. The van der Waals surface area contributed by atoms with Crippen molar-refractivity contribution in [2.75, 3.05) is 26.2 Å². The Balaban J connectivity index is 1.33. The maximum Gasteiger partial charge on any atom is 0.407 e. The van der Waals surface area contributed by atoms with Gasteiger partial charge in [-0.1, -0.05) is 42.5 Å². The van der Waals surface area contributed by atoms with Crippen molar-refractivity contribution in [2.24, 2.45) is 0 Å². The van der Waals surface area contributed by atoms with E-state index in [4.69, 9.17) is 17.0 Å². The molecule has 4 N–H and O–H groups in total. The lowest BCUT2D eigenvalue weighted by Gasteiger charge is -2.35. The number of aromatic nitrogens is 2. The molecule has 2 amide bonds. The second-order valence-corrected chi connectivity index (χ2v) is 11.3. The van der Waals surface area contributed by atoms with E-state index in [0.717, 1.165) is 29.4 Å². The molecule has 0 saturated carbocycles. The molecule has 0 radical (unpaired) electrons. The average molecular weight is 567 g/mol. The van der Waals surface area contributed by atoms with Gasteiger partial charge in [0.05, 0.1) is 11.0 Å². The number of benzene rings is 2. The molecule has 11 heteroatoms. The quantitative estimate of drug-likeness (QED) is 0.244. The Morgan fingerprint density at radius 2 is 1.68 bits per heavy atom. The van der Waals surface area contributed by atoms with Crippen molar-refractivity contribution in [1.29, 1.82) is 0 Å². The van der Waals surface area contributed by atoms with Crippen LogP contribution in [0.4, 0.5) is 4.79 Å². The van der Waals surface area contributed by atoms with Crippen molar-refractivity contribution in [3.05, 3.63) is 70.6 Å². The van der Waals surface area contributed by atoms with Gasteiger partial charge < -0.3 is 30.6 Å². The van der Waals surface area contributed by atoms with Crippen LogP contribution in [0.25, 0.3) is 11.0 Å². The first-order chi connectivity index (χ1) is 19.1. The number of carbonyl (C=O) groups excluding carboxylic acids is 2. The van der Waals surface area contributed by atoms with Crippen molar-refractivity contribution in [2.45, 2.75) is 57.7 Å². The zero-order valence-corrected chi connectivity index (χ0v) is 24.1. The minimum Gasteiger partial charge on any atom is -0.444 e. The van der Waals surface area contributed by atoms with Crippen LogP contribution in [-0.4, -0.2) is 69.4 Å². The number of imidazole rings is 1. The summed E-state index contributed by atoms with van der Waals surface area (Å²) in [6, 6.07) is 16.9. The number of ether oxygens (including phenoxy) is 1. The van der Waals surface area contributed by atoms with E-state index in [1.165, 1.54) is 0 Å². The number of hydrogen-bond donors (Lipinski definition) is 4. The maximum absolute atomic E-state index is 13.2. The van der Waals surface area contributed by atoms with Gasteiger partial charge in [-0.3, -0.25) is 9.36 Å². The van der Waals surface area contributed by atoms with Gasteiger partial charge in [0.1, 0.15) is 11.6 Å². The van der Waals surface area contributed by atoms with E-state index >= 15 is 0 Å². The lowest BCUT2D eigenvalue weighted by molar-refractivity contribution is -0.122. The molecule has 1 aromatic heterocycles. The van der Waals surface area contributed by atoms with Gasteiger partial charge in [0.25, 0.3) is 0 Å². The second-order valence-electron chi connectivity index (χ2n) is 10.9. The van der Waals surface area contributed by atoms with Gasteiger partial charge in [-0.15, -0.1) is 0 Å². The molecular formula is C29H38N6O4S. The minimum absolute atomic E-state index is 0.0728. The van der Waals surface area contributed by atoms with Gasteiger partial charge in [0, 0.05) is 38.6 Å². The number of thiocarbonyl (C=S) groups is 1. The molecular weight excluding hydrogens is 528 g/mol. The van der Waals surface area contributed by atoms with Gasteiger partial charge in [-0.05, 0) is 63.5 Å². The number of nitrogens with zero attached hydrogens (tertiary/aromatic N) is 2. The zero-order valence-electron chi connectivity index (χ0n) is 23.2. The number of alkyl carbamates (subject to hydrolysis) is 1. The molecule has 0 spiro atoms. The first kappa shape index (κ1) is 29.1. The number of aromatic amines is 1. The first-order valence-corrected chi connectivity index (χ1v) is 14.0. The number of H-pyrrole nitrogens is 1. The summed E-state index contributed by atoms with van der Waals surface area (Å²) >= 11 is 5.73. The Morgan fingerprint density at radius 1 is 1.02 bits per heavy atom. The zero-order chi connectivity index (χ0) is 28.7. The third-order valence-electron chi connectivity index (χ3n) is 6.73. The summed E-state index contributed by atoms with van der Waals surface area (Å²) in [5.41, 5.74) is 2.06. The van der Waals surface area contributed by atoms with Gasteiger partial charge in [-0.2, -0.15) is 0 Å². The molecule has 1 unspecified atom stereocenters. The molecule has 1 fully saturated rings. The van der Waals surface area contributed by atoms with Crippen LogP contribution in [0.1, 0.15) is 45.2 Å². The largest absolute Gasteiger partial charge is 0.444 e. The fourth-order valence-electron chi connectivity index (χ4n) is 4.85. The van der Waals surface area contributed by atoms with Gasteiger partial charge in [0.2, 0.25) is 5.91 Å². The molecule has 1 aliphatic heterocycles. The number of rotatable bonds is 8. The molecule has 2 heterocycles. The molecule has 3 aromatic rings. The van der Waals surface area contributed by atoms with Crippen LogP contribution < -0.4 is 21.6 Å².